The molecule has 0 bridgehead atoms. The fourth-order valence-electron chi connectivity index (χ4n) is 1.34. The van der Waals surface area contributed by atoms with Crippen LogP contribution in [0, 0.1) is 0 Å². The lowest BCUT2D eigenvalue weighted by Gasteiger charge is -2.07. The van der Waals surface area contributed by atoms with Crippen LogP contribution in [0.1, 0.15) is 25.7 Å². The summed E-state index contributed by atoms with van der Waals surface area (Å²) in [4.78, 5) is 0. The van der Waals surface area contributed by atoms with E-state index in [9.17, 15) is 0 Å². The van der Waals surface area contributed by atoms with E-state index < -0.39 is 0 Å². The van der Waals surface area contributed by atoms with Gasteiger partial charge in [-0.25, -0.2) is 0 Å². The van der Waals surface area contributed by atoms with Crippen LogP contribution in [0.2, 0.25) is 0 Å². The second-order valence-corrected chi connectivity index (χ2v) is 4.36. The summed E-state index contributed by atoms with van der Waals surface area (Å²) in [6, 6.07) is 0. The van der Waals surface area contributed by atoms with Crippen LogP contribution >= 0.6 is 11.8 Å². The minimum Gasteiger partial charge on any atom is -0.377 e. The van der Waals surface area contributed by atoms with Crippen LogP contribution in [-0.2, 0) is 4.74 Å². The van der Waals surface area contributed by atoms with E-state index in [2.05, 4.69) is 0 Å². The van der Waals surface area contributed by atoms with E-state index in [1.165, 1.54) is 37.2 Å². The Morgan fingerprint density at radius 1 is 1.42 bits per heavy atom. The van der Waals surface area contributed by atoms with Crippen LogP contribution < -0.4 is 5.73 Å². The van der Waals surface area contributed by atoms with Gasteiger partial charge in [-0.1, -0.05) is 0 Å². The van der Waals surface area contributed by atoms with Gasteiger partial charge in [-0.3, -0.25) is 0 Å². The SMILES string of the molecule is NCCCCSCC1CCCO1. The van der Waals surface area contributed by atoms with E-state index in [4.69, 9.17) is 10.5 Å². The Morgan fingerprint density at radius 2 is 2.33 bits per heavy atom. The van der Waals surface area contributed by atoms with Crippen molar-refractivity contribution in [2.75, 3.05) is 24.7 Å². The molecule has 0 amide bonds. The third kappa shape index (κ3) is 4.33. The molecule has 12 heavy (non-hydrogen) atoms. The van der Waals surface area contributed by atoms with Gasteiger partial charge in [0.1, 0.15) is 0 Å². The normalized spacial score (nSPS) is 23.2. The molecule has 1 rings (SSSR count). The molecule has 0 saturated carbocycles. The highest BCUT2D eigenvalue weighted by atomic mass is 32.2. The number of unbranched alkanes of at least 4 members (excludes halogenated alkanes) is 1. The average molecular weight is 189 g/mol. The monoisotopic (exact) mass is 189 g/mol. The maximum absolute atomic E-state index is 5.51. The molecule has 1 aliphatic heterocycles. The predicted molar refractivity (Wildman–Crippen MR) is 54.6 cm³/mol. The van der Waals surface area contributed by atoms with E-state index in [0.29, 0.717) is 6.10 Å². The summed E-state index contributed by atoms with van der Waals surface area (Å²) in [5, 5.41) is 0. The van der Waals surface area contributed by atoms with Crippen molar-refractivity contribution in [1.82, 2.24) is 0 Å². The van der Waals surface area contributed by atoms with Gasteiger partial charge in [0, 0.05) is 12.4 Å². The van der Waals surface area contributed by atoms with E-state index in [-0.39, 0.29) is 0 Å². The van der Waals surface area contributed by atoms with E-state index in [1.54, 1.807) is 0 Å². The van der Waals surface area contributed by atoms with Crippen molar-refractivity contribution >= 4 is 11.8 Å². The fraction of sp³-hybridized carbons (Fsp3) is 1.00. The van der Waals surface area contributed by atoms with Crippen molar-refractivity contribution < 1.29 is 4.74 Å². The molecular formula is C9H19NOS. The standard InChI is InChI=1S/C9H19NOS/c10-5-1-2-7-12-8-9-4-3-6-11-9/h9H,1-8,10H2. The van der Waals surface area contributed by atoms with Crippen molar-refractivity contribution in [3.05, 3.63) is 0 Å². The summed E-state index contributed by atoms with van der Waals surface area (Å²) in [5.41, 5.74) is 5.40. The molecule has 0 aromatic heterocycles. The zero-order valence-corrected chi connectivity index (χ0v) is 8.44. The predicted octanol–water partition coefficient (Wildman–Crippen LogP) is 1.64. The molecule has 1 atom stereocenters. The maximum Gasteiger partial charge on any atom is 0.0666 e. The Morgan fingerprint density at radius 3 is 3.00 bits per heavy atom. The summed E-state index contributed by atoms with van der Waals surface area (Å²) in [6.07, 6.45) is 5.50. The number of thioether (sulfide) groups is 1. The van der Waals surface area contributed by atoms with E-state index >= 15 is 0 Å². The summed E-state index contributed by atoms with van der Waals surface area (Å²) in [5.74, 6) is 2.43. The third-order valence-electron chi connectivity index (χ3n) is 2.07. The smallest absolute Gasteiger partial charge is 0.0666 e. The quantitative estimate of drug-likeness (QED) is 0.645. The lowest BCUT2D eigenvalue weighted by Crippen LogP contribution is -2.08. The van der Waals surface area contributed by atoms with Crippen LogP contribution in [0.3, 0.4) is 0 Å². The summed E-state index contributed by atoms with van der Waals surface area (Å²) < 4.78 is 5.51. The van der Waals surface area contributed by atoms with Gasteiger partial charge in [0.15, 0.2) is 0 Å². The van der Waals surface area contributed by atoms with E-state index in [1.807, 2.05) is 11.8 Å². The van der Waals surface area contributed by atoms with Crippen molar-refractivity contribution in [3.8, 4) is 0 Å². The minimum atomic E-state index is 0.549. The van der Waals surface area contributed by atoms with Gasteiger partial charge < -0.3 is 10.5 Å². The molecule has 3 heteroatoms. The van der Waals surface area contributed by atoms with Crippen molar-refractivity contribution in [3.63, 3.8) is 0 Å². The molecule has 1 fully saturated rings. The second-order valence-electron chi connectivity index (χ2n) is 3.21. The first-order valence-electron chi connectivity index (χ1n) is 4.83. The number of nitrogens with two attached hydrogens (primary N) is 1. The molecule has 0 aliphatic carbocycles. The Bertz CT molecular complexity index is 105. The third-order valence-corrected chi connectivity index (χ3v) is 3.26. The lowest BCUT2D eigenvalue weighted by atomic mass is 10.3. The Kier molecular flexibility index (Phi) is 5.82. The highest BCUT2D eigenvalue weighted by molar-refractivity contribution is 7.99. The van der Waals surface area contributed by atoms with Gasteiger partial charge in [0.05, 0.1) is 6.10 Å². The zero-order valence-electron chi connectivity index (χ0n) is 7.63. The van der Waals surface area contributed by atoms with Crippen LogP contribution in [0.4, 0.5) is 0 Å². The Balaban J connectivity index is 1.81. The molecule has 0 aromatic rings. The molecule has 2 nitrogen and oxygen atoms in total. The second kappa shape index (κ2) is 6.75. The Labute approximate surface area is 79.2 Å². The number of ether oxygens (including phenoxy) is 1. The van der Waals surface area contributed by atoms with Crippen molar-refractivity contribution in [1.29, 1.82) is 0 Å². The van der Waals surface area contributed by atoms with E-state index in [0.717, 1.165) is 13.2 Å². The van der Waals surface area contributed by atoms with Gasteiger partial charge in [-0.2, -0.15) is 11.8 Å². The van der Waals surface area contributed by atoms with Gasteiger partial charge >= 0.3 is 0 Å². The molecule has 72 valence electrons. The molecule has 0 aromatic carbocycles. The van der Waals surface area contributed by atoms with Crippen LogP contribution in [0.25, 0.3) is 0 Å². The molecule has 1 unspecified atom stereocenters. The molecule has 0 radical (unpaired) electrons. The molecule has 2 N–H and O–H groups in total. The van der Waals surface area contributed by atoms with Gasteiger partial charge in [-0.15, -0.1) is 0 Å². The molecular weight excluding hydrogens is 170 g/mol. The number of rotatable bonds is 6. The van der Waals surface area contributed by atoms with Crippen LogP contribution in [-0.4, -0.2) is 30.8 Å². The first-order valence-corrected chi connectivity index (χ1v) is 5.98. The average Bonchev–Trinajstić information content (AvgIpc) is 2.57. The molecule has 1 heterocycles. The molecule has 1 aliphatic rings. The van der Waals surface area contributed by atoms with Crippen LogP contribution in [0.5, 0.6) is 0 Å². The first kappa shape index (κ1) is 10.4. The highest BCUT2D eigenvalue weighted by Gasteiger charge is 2.14. The summed E-state index contributed by atoms with van der Waals surface area (Å²) >= 11 is 2.01. The summed E-state index contributed by atoms with van der Waals surface area (Å²) in [6.45, 7) is 1.81. The van der Waals surface area contributed by atoms with Gasteiger partial charge in [0.2, 0.25) is 0 Å². The van der Waals surface area contributed by atoms with Crippen molar-refractivity contribution in [2.24, 2.45) is 5.73 Å². The number of hydrogen-bond acceptors (Lipinski definition) is 3. The number of hydrogen-bond donors (Lipinski definition) is 1. The molecule has 0 spiro atoms. The minimum absolute atomic E-state index is 0.549. The lowest BCUT2D eigenvalue weighted by molar-refractivity contribution is 0.129. The van der Waals surface area contributed by atoms with Gasteiger partial charge in [-0.05, 0) is 38.0 Å². The first-order chi connectivity index (χ1) is 5.93. The topological polar surface area (TPSA) is 35.2 Å². The Hall–Kier alpha value is 0.270. The van der Waals surface area contributed by atoms with Gasteiger partial charge in [0.25, 0.3) is 0 Å². The van der Waals surface area contributed by atoms with Crippen molar-refractivity contribution in [2.45, 2.75) is 31.8 Å². The zero-order chi connectivity index (χ0) is 8.65. The highest BCUT2D eigenvalue weighted by Crippen LogP contribution is 2.17. The fourth-order valence-corrected chi connectivity index (χ4v) is 2.44. The van der Waals surface area contributed by atoms with Crippen LogP contribution in [0.15, 0.2) is 0 Å². The largest absolute Gasteiger partial charge is 0.377 e. The summed E-state index contributed by atoms with van der Waals surface area (Å²) in [7, 11) is 0. The maximum atomic E-state index is 5.51. The molecule has 1 saturated heterocycles.